The molecule has 1 amide bonds. The summed E-state index contributed by atoms with van der Waals surface area (Å²) in [5.41, 5.74) is 4.40. The largest absolute Gasteiger partial charge is 0.490 e. The number of aromatic nitrogens is 1. The van der Waals surface area contributed by atoms with Gasteiger partial charge in [0, 0.05) is 24.1 Å². The number of carbonyl (C=O) groups excluding carboxylic acids is 1. The molecule has 33 heavy (non-hydrogen) atoms. The minimum Gasteiger partial charge on any atom is -0.490 e. The number of β-amino-alcohol motifs (C(OH)–C–C–N with tert-alkyl or cyclic N) is 1. The van der Waals surface area contributed by atoms with Crippen LogP contribution < -0.4 is 4.74 Å². The van der Waals surface area contributed by atoms with Crippen molar-refractivity contribution in [3.8, 4) is 34.6 Å². The molecule has 1 aliphatic heterocycles. The predicted molar refractivity (Wildman–Crippen MR) is 121 cm³/mol. The van der Waals surface area contributed by atoms with Crippen LogP contribution in [-0.2, 0) is 11.2 Å². The van der Waals surface area contributed by atoms with Crippen molar-refractivity contribution in [3.05, 3.63) is 59.3 Å². The molecule has 0 radical (unpaired) electrons. The summed E-state index contributed by atoms with van der Waals surface area (Å²) in [6, 6.07) is 13.6. The second-order valence-electron chi connectivity index (χ2n) is 8.82. The van der Waals surface area contributed by atoms with Crippen LogP contribution in [0.3, 0.4) is 0 Å². The molecule has 7 heteroatoms. The number of nitriles is 1. The Morgan fingerprint density at radius 2 is 2.15 bits per heavy atom. The van der Waals surface area contributed by atoms with Gasteiger partial charge in [-0.1, -0.05) is 18.2 Å². The Hall–Kier alpha value is -3.63. The molecule has 1 aliphatic carbocycles. The Balaban J connectivity index is 1.48. The van der Waals surface area contributed by atoms with E-state index in [1.165, 1.54) is 5.56 Å². The lowest BCUT2D eigenvalue weighted by atomic mass is 10.0. The summed E-state index contributed by atoms with van der Waals surface area (Å²) < 4.78 is 11.8. The highest BCUT2D eigenvalue weighted by Gasteiger charge is 2.46. The molecule has 5 rings (SSSR count). The fraction of sp³-hybridized carbons (Fsp3) is 0.346. The number of likely N-dealkylation sites (tertiary alicyclic amines) is 1. The van der Waals surface area contributed by atoms with Gasteiger partial charge in [-0.3, -0.25) is 4.79 Å². The maximum Gasteiger partial charge on any atom is 0.226 e. The van der Waals surface area contributed by atoms with Crippen molar-refractivity contribution in [2.45, 2.75) is 38.8 Å². The van der Waals surface area contributed by atoms with Crippen molar-refractivity contribution in [2.75, 3.05) is 13.2 Å². The molecule has 2 aromatic carbocycles. The predicted octanol–water partition coefficient (Wildman–Crippen LogP) is 4.11. The van der Waals surface area contributed by atoms with Crippen molar-refractivity contribution in [1.82, 2.24) is 9.88 Å². The molecule has 2 heterocycles. The number of nitrogens with zero attached hydrogens (tertiary/aromatic N) is 3. The van der Waals surface area contributed by atoms with Gasteiger partial charge in [0.1, 0.15) is 11.8 Å². The van der Waals surface area contributed by atoms with Crippen LogP contribution in [0.15, 0.2) is 47.0 Å². The lowest BCUT2D eigenvalue weighted by Crippen LogP contribution is -2.30. The fourth-order valence-corrected chi connectivity index (χ4v) is 5.08. The molecule has 3 aromatic rings. The molecule has 0 saturated carbocycles. The van der Waals surface area contributed by atoms with E-state index in [0.29, 0.717) is 41.5 Å². The van der Waals surface area contributed by atoms with E-state index >= 15 is 0 Å². The molecule has 0 bridgehead atoms. The summed E-state index contributed by atoms with van der Waals surface area (Å²) in [7, 11) is 0. The first-order chi connectivity index (χ1) is 16.0. The first kappa shape index (κ1) is 21.2. The van der Waals surface area contributed by atoms with Crippen molar-refractivity contribution >= 4 is 5.91 Å². The lowest BCUT2D eigenvalue weighted by Gasteiger charge is -2.24. The second-order valence-corrected chi connectivity index (χ2v) is 8.82. The van der Waals surface area contributed by atoms with Crippen LogP contribution in [0.2, 0.25) is 0 Å². The van der Waals surface area contributed by atoms with Crippen LogP contribution in [0.4, 0.5) is 0 Å². The Morgan fingerprint density at radius 3 is 2.91 bits per heavy atom. The number of rotatable bonds is 6. The average molecular weight is 444 g/mol. The number of ether oxygens (including phenoxy) is 1. The topological polar surface area (TPSA) is 99.6 Å². The van der Waals surface area contributed by atoms with Crippen molar-refractivity contribution in [1.29, 1.82) is 5.26 Å². The molecule has 1 aromatic heterocycles. The Bertz CT molecular complexity index is 1260. The summed E-state index contributed by atoms with van der Waals surface area (Å²) in [6.07, 6.45) is 2.97. The maximum atomic E-state index is 12.4. The van der Waals surface area contributed by atoms with E-state index in [0.717, 1.165) is 17.5 Å². The zero-order valence-electron chi connectivity index (χ0n) is 18.6. The number of carbonyl (C=O) groups is 1. The van der Waals surface area contributed by atoms with Crippen LogP contribution in [0.25, 0.3) is 22.8 Å². The summed E-state index contributed by atoms with van der Waals surface area (Å²) >= 11 is 0. The number of hydrogen-bond acceptors (Lipinski definition) is 6. The molecule has 1 N–H and O–H groups in total. The quantitative estimate of drug-likeness (QED) is 0.616. The van der Waals surface area contributed by atoms with E-state index < -0.39 is 0 Å². The molecule has 7 nitrogen and oxygen atoms in total. The lowest BCUT2D eigenvalue weighted by molar-refractivity contribution is -0.129. The summed E-state index contributed by atoms with van der Waals surface area (Å²) in [6.45, 7) is 4.15. The van der Waals surface area contributed by atoms with E-state index in [4.69, 9.17) is 9.15 Å². The van der Waals surface area contributed by atoms with E-state index in [-0.39, 0.29) is 30.6 Å². The van der Waals surface area contributed by atoms with Gasteiger partial charge in [0.25, 0.3) is 0 Å². The monoisotopic (exact) mass is 443 g/mol. The van der Waals surface area contributed by atoms with Gasteiger partial charge >= 0.3 is 0 Å². The smallest absolute Gasteiger partial charge is 0.226 e. The van der Waals surface area contributed by atoms with Gasteiger partial charge in [0.05, 0.1) is 30.5 Å². The van der Waals surface area contributed by atoms with Gasteiger partial charge in [-0.2, -0.15) is 5.26 Å². The van der Waals surface area contributed by atoms with Gasteiger partial charge in [-0.05, 0) is 55.5 Å². The number of oxazole rings is 1. The van der Waals surface area contributed by atoms with Gasteiger partial charge in [-0.15, -0.1) is 0 Å². The number of benzene rings is 2. The minimum atomic E-state index is -0.0405. The number of fused-ring (bicyclic) bond motifs is 3. The highest BCUT2D eigenvalue weighted by atomic mass is 16.5. The molecule has 0 unspecified atom stereocenters. The second kappa shape index (κ2) is 8.38. The third kappa shape index (κ3) is 3.66. The summed E-state index contributed by atoms with van der Waals surface area (Å²) in [5, 5.41) is 18.9. The maximum absolute atomic E-state index is 12.4. The number of hydrogen-bond donors (Lipinski definition) is 1. The molecule has 2 atom stereocenters. The standard InChI is InChI=1S/C26H25N3O4/c1-15(2)32-22-7-6-16(10-18(22)13-27)26-28-14-23(33-26)19-4-3-5-20-21(19)11-17-12-24(31)29(8-9-30)25(17)20/h3-7,10,14-15,17,25,30H,8-9,11-12H2,1-2H3/t17-,25+/m0/s1. The van der Waals surface area contributed by atoms with Gasteiger partial charge in [0.2, 0.25) is 11.8 Å². The van der Waals surface area contributed by atoms with Crippen LogP contribution in [-0.4, -0.2) is 40.2 Å². The van der Waals surface area contributed by atoms with Crippen LogP contribution >= 0.6 is 0 Å². The molecular weight excluding hydrogens is 418 g/mol. The summed E-state index contributed by atoms with van der Waals surface area (Å²) in [5.74, 6) is 1.95. The normalized spacial score (nSPS) is 19.0. The van der Waals surface area contributed by atoms with E-state index in [1.54, 1.807) is 23.2 Å². The van der Waals surface area contributed by atoms with Crippen molar-refractivity contribution < 1.29 is 19.1 Å². The van der Waals surface area contributed by atoms with E-state index in [2.05, 4.69) is 17.1 Å². The summed E-state index contributed by atoms with van der Waals surface area (Å²) in [4.78, 5) is 18.7. The Kier molecular flexibility index (Phi) is 5.39. The number of amides is 1. The Morgan fingerprint density at radius 1 is 1.30 bits per heavy atom. The Labute approximate surface area is 192 Å². The highest BCUT2D eigenvalue weighted by Crippen LogP contribution is 2.49. The molecule has 1 saturated heterocycles. The van der Waals surface area contributed by atoms with E-state index in [9.17, 15) is 15.2 Å². The molecule has 168 valence electrons. The molecule has 0 spiro atoms. The van der Waals surface area contributed by atoms with Crippen molar-refractivity contribution in [3.63, 3.8) is 0 Å². The first-order valence-electron chi connectivity index (χ1n) is 11.2. The van der Waals surface area contributed by atoms with Gasteiger partial charge in [0.15, 0.2) is 5.76 Å². The van der Waals surface area contributed by atoms with Gasteiger partial charge < -0.3 is 19.2 Å². The zero-order chi connectivity index (χ0) is 23.1. The fourth-order valence-electron chi connectivity index (χ4n) is 5.08. The average Bonchev–Trinajstić information content (AvgIpc) is 3.49. The minimum absolute atomic E-state index is 0.00804. The van der Waals surface area contributed by atoms with Crippen molar-refractivity contribution in [2.24, 2.45) is 5.92 Å². The molecular formula is C26H25N3O4. The zero-order valence-corrected chi connectivity index (χ0v) is 18.6. The molecule has 1 fully saturated rings. The van der Waals surface area contributed by atoms with Gasteiger partial charge in [-0.25, -0.2) is 4.98 Å². The third-order valence-corrected chi connectivity index (χ3v) is 6.36. The van der Waals surface area contributed by atoms with Crippen LogP contribution in [0, 0.1) is 17.2 Å². The number of aliphatic hydroxyl groups is 1. The van der Waals surface area contributed by atoms with E-state index in [1.807, 2.05) is 32.0 Å². The first-order valence-corrected chi connectivity index (χ1v) is 11.2. The molecule has 2 aliphatic rings. The van der Waals surface area contributed by atoms with Crippen LogP contribution in [0.5, 0.6) is 5.75 Å². The van der Waals surface area contributed by atoms with Crippen LogP contribution in [0.1, 0.15) is 43.0 Å². The third-order valence-electron chi connectivity index (χ3n) is 6.36. The SMILES string of the molecule is CC(C)Oc1ccc(-c2ncc(-c3cccc4c3C[C@H]3CC(=O)N(CCO)[C@@H]43)o2)cc1C#N. The number of aliphatic hydroxyl groups excluding tert-OH is 1. The highest BCUT2D eigenvalue weighted by molar-refractivity contribution is 5.81.